The van der Waals surface area contributed by atoms with Gasteiger partial charge < -0.3 is 15.1 Å². The van der Waals surface area contributed by atoms with E-state index in [9.17, 15) is 9.59 Å². The molecule has 132 valence electrons. The van der Waals surface area contributed by atoms with Gasteiger partial charge in [-0.1, -0.05) is 37.3 Å². The lowest BCUT2D eigenvalue weighted by atomic mass is 10.1. The normalized spacial score (nSPS) is 11.0. The minimum absolute atomic E-state index is 0.251. The van der Waals surface area contributed by atoms with Crippen LogP contribution in [0, 0.1) is 0 Å². The molecule has 5 heteroatoms. The van der Waals surface area contributed by atoms with E-state index in [1.165, 1.54) is 6.08 Å². The zero-order valence-corrected chi connectivity index (χ0v) is 14.7. The van der Waals surface area contributed by atoms with E-state index in [2.05, 4.69) is 10.6 Å². The fourth-order valence-electron chi connectivity index (χ4n) is 2.82. The minimum atomic E-state index is -0.311. The van der Waals surface area contributed by atoms with E-state index in [0.717, 1.165) is 28.7 Å². The van der Waals surface area contributed by atoms with Gasteiger partial charge in [0.15, 0.2) is 0 Å². The van der Waals surface area contributed by atoms with Crippen molar-refractivity contribution in [3.8, 4) is 0 Å². The third kappa shape index (κ3) is 3.52. The highest BCUT2D eigenvalue weighted by atomic mass is 16.3. The van der Waals surface area contributed by atoms with Crippen molar-refractivity contribution in [1.29, 1.82) is 0 Å². The molecule has 3 aromatic rings. The second-order valence-corrected chi connectivity index (χ2v) is 5.74. The number of carbonyl (C=O) groups is 2. The maximum Gasteiger partial charge on any atom is 0.253 e. The van der Waals surface area contributed by atoms with Gasteiger partial charge in [-0.25, -0.2) is 0 Å². The van der Waals surface area contributed by atoms with Gasteiger partial charge in [0.05, 0.1) is 11.3 Å². The Hall–Kier alpha value is -3.34. The Bertz CT molecular complexity index is 986. The summed E-state index contributed by atoms with van der Waals surface area (Å²) in [4.78, 5) is 24.2. The average Bonchev–Trinajstić information content (AvgIpc) is 3.04. The van der Waals surface area contributed by atoms with E-state index in [-0.39, 0.29) is 11.8 Å². The van der Waals surface area contributed by atoms with Gasteiger partial charge >= 0.3 is 0 Å². The summed E-state index contributed by atoms with van der Waals surface area (Å²) in [6, 6.07) is 14.6. The van der Waals surface area contributed by atoms with Crippen LogP contribution >= 0.6 is 0 Å². The van der Waals surface area contributed by atoms with Crippen molar-refractivity contribution in [2.75, 3.05) is 12.4 Å². The number of amides is 2. The molecule has 0 radical (unpaired) electrons. The number of fused-ring (bicyclic) bond motifs is 1. The highest BCUT2D eigenvalue weighted by Gasteiger charge is 2.12. The zero-order chi connectivity index (χ0) is 18.5. The van der Waals surface area contributed by atoms with Crippen LogP contribution in [0.25, 0.3) is 17.0 Å². The molecule has 0 saturated heterocycles. The number of hydrogen-bond donors (Lipinski definition) is 2. The number of anilines is 1. The summed E-state index contributed by atoms with van der Waals surface area (Å²) >= 11 is 0. The van der Waals surface area contributed by atoms with Gasteiger partial charge in [-0.15, -0.1) is 0 Å². The van der Waals surface area contributed by atoms with Gasteiger partial charge in [0.2, 0.25) is 5.91 Å². The third-order valence-corrected chi connectivity index (χ3v) is 4.09. The van der Waals surface area contributed by atoms with Crippen molar-refractivity contribution in [2.45, 2.75) is 13.3 Å². The quantitative estimate of drug-likeness (QED) is 0.685. The van der Waals surface area contributed by atoms with Crippen LogP contribution in [0.15, 0.2) is 59.0 Å². The number of furan rings is 1. The molecule has 0 fully saturated rings. The predicted molar refractivity (Wildman–Crippen MR) is 103 cm³/mol. The number of rotatable bonds is 5. The maximum absolute atomic E-state index is 12.3. The summed E-state index contributed by atoms with van der Waals surface area (Å²) in [5, 5.41) is 6.29. The van der Waals surface area contributed by atoms with E-state index in [0.29, 0.717) is 11.3 Å². The molecule has 0 aliphatic carbocycles. The molecule has 0 bridgehead atoms. The van der Waals surface area contributed by atoms with Crippen LogP contribution in [-0.4, -0.2) is 18.9 Å². The molecule has 0 saturated carbocycles. The number of para-hydroxylation sites is 2. The number of hydrogen-bond acceptors (Lipinski definition) is 3. The fourth-order valence-corrected chi connectivity index (χ4v) is 2.82. The second kappa shape index (κ2) is 7.70. The molecule has 0 atom stereocenters. The van der Waals surface area contributed by atoms with Gasteiger partial charge in [-0.05, 0) is 24.3 Å². The molecule has 3 rings (SSSR count). The minimum Gasteiger partial charge on any atom is -0.460 e. The monoisotopic (exact) mass is 348 g/mol. The Kier molecular flexibility index (Phi) is 5.17. The van der Waals surface area contributed by atoms with Crippen LogP contribution in [0.5, 0.6) is 0 Å². The standard InChI is InChI=1S/C21H20N2O3/c1-3-18-15(14-8-5-7-11-19(14)26-18)12-13-20(24)23-17-10-6-4-9-16(17)21(25)22-2/h4-13H,3H2,1-2H3,(H,22,25)(H,23,24)/b13-12+. The van der Waals surface area contributed by atoms with Crippen LogP contribution in [0.2, 0.25) is 0 Å². The van der Waals surface area contributed by atoms with Crippen LogP contribution in [0.4, 0.5) is 5.69 Å². The molecule has 0 aliphatic heterocycles. The molecular formula is C21H20N2O3. The van der Waals surface area contributed by atoms with E-state index < -0.39 is 0 Å². The van der Waals surface area contributed by atoms with Crippen LogP contribution in [-0.2, 0) is 11.2 Å². The topological polar surface area (TPSA) is 71.3 Å². The zero-order valence-electron chi connectivity index (χ0n) is 14.7. The molecule has 2 N–H and O–H groups in total. The first-order chi connectivity index (χ1) is 12.6. The van der Waals surface area contributed by atoms with E-state index in [4.69, 9.17) is 4.42 Å². The van der Waals surface area contributed by atoms with E-state index in [1.54, 1.807) is 37.4 Å². The molecule has 1 aromatic heterocycles. The molecule has 0 aliphatic rings. The molecule has 2 amide bonds. The summed E-state index contributed by atoms with van der Waals surface area (Å²) in [5.74, 6) is 0.272. The number of nitrogens with one attached hydrogen (secondary N) is 2. The first-order valence-corrected chi connectivity index (χ1v) is 8.44. The first kappa shape index (κ1) is 17.5. The Morgan fingerprint density at radius 3 is 2.58 bits per heavy atom. The second-order valence-electron chi connectivity index (χ2n) is 5.74. The maximum atomic E-state index is 12.3. The van der Waals surface area contributed by atoms with Crippen molar-refractivity contribution in [3.05, 3.63) is 71.5 Å². The summed E-state index contributed by atoms with van der Waals surface area (Å²) in [5.41, 5.74) is 2.58. The first-order valence-electron chi connectivity index (χ1n) is 8.44. The molecule has 5 nitrogen and oxygen atoms in total. The van der Waals surface area contributed by atoms with Crippen LogP contribution in [0.1, 0.15) is 28.6 Å². The SMILES string of the molecule is CCc1oc2ccccc2c1/C=C/C(=O)Nc1ccccc1C(=O)NC. The smallest absolute Gasteiger partial charge is 0.253 e. The highest BCUT2D eigenvalue weighted by molar-refractivity contribution is 6.08. The largest absolute Gasteiger partial charge is 0.460 e. The lowest BCUT2D eigenvalue weighted by molar-refractivity contribution is -0.111. The lowest BCUT2D eigenvalue weighted by Crippen LogP contribution is -2.20. The van der Waals surface area contributed by atoms with Crippen molar-refractivity contribution in [1.82, 2.24) is 5.32 Å². The predicted octanol–water partition coefficient (Wildman–Crippen LogP) is 4.01. The van der Waals surface area contributed by atoms with Crippen LogP contribution < -0.4 is 10.6 Å². The number of aryl methyl sites for hydroxylation is 1. The summed E-state index contributed by atoms with van der Waals surface area (Å²) in [7, 11) is 1.55. The number of carbonyl (C=O) groups excluding carboxylic acids is 2. The number of benzene rings is 2. The van der Waals surface area contributed by atoms with Gasteiger partial charge in [-0.3, -0.25) is 9.59 Å². The van der Waals surface area contributed by atoms with Gasteiger partial charge in [-0.2, -0.15) is 0 Å². The average molecular weight is 348 g/mol. The summed E-state index contributed by atoms with van der Waals surface area (Å²) < 4.78 is 5.83. The van der Waals surface area contributed by atoms with E-state index >= 15 is 0 Å². The van der Waals surface area contributed by atoms with Gasteiger partial charge in [0, 0.05) is 30.5 Å². The fraction of sp³-hybridized carbons (Fsp3) is 0.143. The Labute approximate surface area is 151 Å². The highest BCUT2D eigenvalue weighted by Crippen LogP contribution is 2.27. The van der Waals surface area contributed by atoms with Gasteiger partial charge in [0.25, 0.3) is 5.91 Å². The van der Waals surface area contributed by atoms with Gasteiger partial charge in [0.1, 0.15) is 11.3 Å². The Balaban J connectivity index is 1.85. The third-order valence-electron chi connectivity index (χ3n) is 4.09. The van der Waals surface area contributed by atoms with E-state index in [1.807, 2.05) is 31.2 Å². The van der Waals surface area contributed by atoms with Crippen LogP contribution in [0.3, 0.4) is 0 Å². The Morgan fingerprint density at radius 1 is 1.08 bits per heavy atom. The molecular weight excluding hydrogens is 328 g/mol. The molecule has 0 spiro atoms. The molecule has 1 heterocycles. The Morgan fingerprint density at radius 2 is 1.81 bits per heavy atom. The molecule has 26 heavy (non-hydrogen) atoms. The summed E-state index contributed by atoms with van der Waals surface area (Å²) in [6.45, 7) is 2.01. The molecule has 2 aromatic carbocycles. The lowest BCUT2D eigenvalue weighted by Gasteiger charge is -2.08. The van der Waals surface area contributed by atoms with Crippen molar-refractivity contribution >= 4 is 34.5 Å². The van der Waals surface area contributed by atoms with Crippen molar-refractivity contribution in [3.63, 3.8) is 0 Å². The van der Waals surface area contributed by atoms with Crippen molar-refractivity contribution in [2.24, 2.45) is 0 Å². The van der Waals surface area contributed by atoms with Crippen molar-refractivity contribution < 1.29 is 14.0 Å². The molecule has 0 unspecified atom stereocenters. The summed E-state index contributed by atoms with van der Waals surface area (Å²) in [6.07, 6.45) is 3.94.